The van der Waals surface area contributed by atoms with Gasteiger partial charge in [-0.05, 0) is 38.1 Å². The lowest BCUT2D eigenvalue weighted by Gasteiger charge is -2.16. The summed E-state index contributed by atoms with van der Waals surface area (Å²) in [5.74, 6) is 1.40. The lowest BCUT2D eigenvalue weighted by molar-refractivity contribution is 0.413. The zero-order chi connectivity index (χ0) is 23.6. The van der Waals surface area contributed by atoms with Crippen LogP contribution in [0.4, 0.5) is 10.3 Å². The van der Waals surface area contributed by atoms with Gasteiger partial charge in [-0.25, -0.2) is 22.8 Å². The highest BCUT2D eigenvalue weighted by Crippen LogP contribution is 2.32. The van der Waals surface area contributed by atoms with E-state index in [-0.39, 0.29) is 19.6 Å². The Labute approximate surface area is 191 Å². The van der Waals surface area contributed by atoms with Crippen LogP contribution in [0.3, 0.4) is 0 Å². The Hall–Kier alpha value is -3.80. The number of sulfonamides is 1. The number of para-hydroxylation sites is 2. The average molecular weight is 475 g/mol. The highest BCUT2D eigenvalue weighted by Gasteiger charge is 2.27. The second-order valence-electron chi connectivity index (χ2n) is 7.24. The van der Waals surface area contributed by atoms with E-state index in [2.05, 4.69) is 24.9 Å². The Bertz CT molecular complexity index is 1370. The number of halogens is 1. The molecule has 0 bridgehead atoms. The van der Waals surface area contributed by atoms with Gasteiger partial charge in [0, 0.05) is 7.85 Å². The Morgan fingerprint density at radius 2 is 1.91 bits per heavy atom. The number of nitrogens with one attached hydrogen (secondary N) is 1. The molecule has 0 radical (unpaired) electrons. The van der Waals surface area contributed by atoms with Crippen molar-refractivity contribution in [1.82, 2.24) is 24.7 Å². The molecule has 174 valence electrons. The zero-order valence-corrected chi connectivity index (χ0v) is 18.9. The van der Waals surface area contributed by atoms with Crippen molar-refractivity contribution in [2.75, 3.05) is 11.8 Å². The lowest BCUT2D eigenvalue weighted by atomic mass is 10.2. The molecule has 0 unspecified atom stereocenters. The van der Waals surface area contributed by atoms with E-state index in [0.717, 1.165) is 12.4 Å². The van der Waals surface area contributed by atoms with Crippen LogP contribution in [0.1, 0.15) is 19.9 Å². The molecule has 4 rings (SSSR count). The van der Waals surface area contributed by atoms with Crippen molar-refractivity contribution in [2.45, 2.75) is 25.5 Å². The molecule has 1 atom stereocenters. The molecule has 33 heavy (non-hydrogen) atoms. The number of nitrogens with zero attached hydrogens (tertiary/aromatic N) is 5. The number of methoxy groups -OCH3 is 1. The number of hydrogen-bond acceptors (Lipinski definition) is 8. The Morgan fingerprint density at radius 1 is 1.18 bits per heavy atom. The van der Waals surface area contributed by atoms with Crippen LogP contribution in [-0.4, -0.2) is 45.5 Å². The van der Waals surface area contributed by atoms with Crippen LogP contribution in [0.25, 0.3) is 17.3 Å². The van der Waals surface area contributed by atoms with Crippen molar-refractivity contribution in [1.29, 1.82) is 0 Å². The molecule has 0 spiro atoms. The summed E-state index contributed by atoms with van der Waals surface area (Å²) in [7, 11) is -2.45. The number of furan rings is 1. The van der Waals surface area contributed by atoms with Crippen LogP contribution in [-0.2, 0) is 16.4 Å². The summed E-state index contributed by atoms with van der Waals surface area (Å²) in [6.07, 6.45) is 1.96. The Balaban J connectivity index is 0.00000324. The number of benzene rings is 1. The Morgan fingerprint density at radius 3 is 2.58 bits per heavy atom. The minimum absolute atomic E-state index is 0. The second-order valence-corrected chi connectivity index (χ2v) is 9.34. The maximum atomic E-state index is 13.1. The average Bonchev–Trinajstić information content (AvgIpc) is 3.40. The SMILES string of the molecule is COc1ccccc1-n1c(NS(=O)(=O)[C@@H](C)Cc2ncc(F)cn2)nnc1-c1ccc(C)o1.[HH]. The van der Waals surface area contributed by atoms with E-state index < -0.39 is 21.1 Å². The number of rotatable bonds is 8. The third-order valence-electron chi connectivity index (χ3n) is 4.86. The van der Waals surface area contributed by atoms with E-state index in [1.54, 1.807) is 43.3 Å². The summed E-state index contributed by atoms with van der Waals surface area (Å²) in [5, 5.41) is 7.28. The minimum atomic E-state index is -3.95. The predicted octanol–water partition coefficient (Wildman–Crippen LogP) is 3.39. The molecule has 1 N–H and O–H groups in total. The molecule has 1 aromatic carbocycles. The van der Waals surface area contributed by atoms with E-state index >= 15 is 0 Å². The summed E-state index contributed by atoms with van der Waals surface area (Å²) in [6.45, 7) is 3.28. The van der Waals surface area contributed by atoms with Crippen LogP contribution >= 0.6 is 0 Å². The van der Waals surface area contributed by atoms with E-state index in [4.69, 9.17) is 9.15 Å². The molecule has 3 aromatic heterocycles. The van der Waals surface area contributed by atoms with Gasteiger partial charge in [-0.1, -0.05) is 12.1 Å². The first-order valence-electron chi connectivity index (χ1n) is 9.92. The molecule has 0 fully saturated rings. The number of anilines is 1. The van der Waals surface area contributed by atoms with Gasteiger partial charge in [-0.2, -0.15) is 0 Å². The van der Waals surface area contributed by atoms with Crippen molar-refractivity contribution in [3.05, 3.63) is 66.2 Å². The largest absolute Gasteiger partial charge is 0.495 e. The fourth-order valence-corrected chi connectivity index (χ4v) is 4.10. The van der Waals surface area contributed by atoms with Crippen LogP contribution in [0.5, 0.6) is 5.75 Å². The smallest absolute Gasteiger partial charge is 0.243 e. The quantitative estimate of drug-likeness (QED) is 0.412. The molecule has 0 aliphatic rings. The molecule has 4 aromatic rings. The van der Waals surface area contributed by atoms with Gasteiger partial charge in [-0.15, -0.1) is 10.2 Å². The molecule has 0 aliphatic carbocycles. The highest BCUT2D eigenvalue weighted by molar-refractivity contribution is 7.93. The summed E-state index contributed by atoms with van der Waals surface area (Å²) in [6, 6.07) is 10.5. The maximum Gasteiger partial charge on any atom is 0.243 e. The van der Waals surface area contributed by atoms with Gasteiger partial charge in [0.05, 0.1) is 30.4 Å². The summed E-state index contributed by atoms with van der Waals surface area (Å²) < 4.78 is 54.4. The summed E-state index contributed by atoms with van der Waals surface area (Å²) in [4.78, 5) is 7.66. The topological polar surface area (TPSA) is 125 Å². The van der Waals surface area contributed by atoms with Crippen LogP contribution in [0.15, 0.2) is 53.2 Å². The van der Waals surface area contributed by atoms with Gasteiger partial charge >= 0.3 is 0 Å². The standard InChI is InChI=1S/C21H21FN6O4S.H2/c1-13-8-9-18(32-13)20-25-26-21(28(20)16-6-4-5-7-17(16)31-3)27-33(29,30)14(2)10-19-23-11-15(22)12-24-19;/h4-9,11-12,14H,10H2,1-3H3,(H,26,27);1H/t14-;/m0./s1. The van der Waals surface area contributed by atoms with Crippen molar-refractivity contribution in [3.8, 4) is 23.0 Å². The maximum absolute atomic E-state index is 13.1. The fourth-order valence-electron chi connectivity index (χ4n) is 3.15. The number of hydrogen-bond donors (Lipinski definition) is 1. The van der Waals surface area contributed by atoms with Crippen LogP contribution in [0, 0.1) is 12.7 Å². The monoisotopic (exact) mass is 474 g/mol. The van der Waals surface area contributed by atoms with E-state index in [0.29, 0.717) is 28.8 Å². The van der Waals surface area contributed by atoms with Crippen molar-refractivity contribution in [3.63, 3.8) is 0 Å². The predicted molar refractivity (Wildman–Crippen MR) is 120 cm³/mol. The normalized spacial score (nSPS) is 12.5. The van der Waals surface area contributed by atoms with Crippen molar-refractivity contribution in [2.24, 2.45) is 0 Å². The summed E-state index contributed by atoms with van der Waals surface area (Å²) >= 11 is 0. The van der Waals surface area contributed by atoms with E-state index in [9.17, 15) is 12.8 Å². The van der Waals surface area contributed by atoms with Crippen molar-refractivity contribution < 1.29 is 23.4 Å². The molecule has 0 saturated heterocycles. The molecule has 10 nitrogen and oxygen atoms in total. The molecular formula is C21H23FN6O4S. The van der Waals surface area contributed by atoms with Crippen LogP contribution in [0.2, 0.25) is 0 Å². The van der Waals surface area contributed by atoms with Gasteiger partial charge in [-0.3, -0.25) is 9.29 Å². The number of ether oxygens (including phenoxy) is 1. The lowest BCUT2D eigenvalue weighted by Crippen LogP contribution is -2.29. The third-order valence-corrected chi connectivity index (χ3v) is 6.55. The minimum Gasteiger partial charge on any atom is -0.495 e. The highest BCUT2D eigenvalue weighted by atomic mass is 32.2. The van der Waals surface area contributed by atoms with Gasteiger partial charge < -0.3 is 9.15 Å². The molecule has 0 amide bonds. The van der Waals surface area contributed by atoms with Gasteiger partial charge in [0.1, 0.15) is 17.3 Å². The van der Waals surface area contributed by atoms with Crippen LogP contribution < -0.4 is 9.46 Å². The molecule has 3 heterocycles. The summed E-state index contributed by atoms with van der Waals surface area (Å²) in [5.41, 5.74) is 0.515. The van der Waals surface area contributed by atoms with E-state index in [1.807, 2.05) is 0 Å². The molecule has 12 heteroatoms. The molecule has 0 aliphatic heterocycles. The van der Waals surface area contributed by atoms with Gasteiger partial charge in [0.15, 0.2) is 11.6 Å². The molecular weight excluding hydrogens is 451 g/mol. The zero-order valence-electron chi connectivity index (χ0n) is 18.1. The van der Waals surface area contributed by atoms with E-state index in [1.165, 1.54) is 18.6 Å². The number of aryl methyl sites for hydroxylation is 1. The first-order chi connectivity index (χ1) is 15.8. The number of aromatic nitrogens is 5. The first kappa shape index (κ1) is 22.4. The second kappa shape index (κ2) is 8.98. The Kier molecular flexibility index (Phi) is 6.09. The first-order valence-corrected chi connectivity index (χ1v) is 11.5. The third kappa shape index (κ3) is 4.70. The van der Waals surface area contributed by atoms with Crippen molar-refractivity contribution >= 4 is 16.0 Å². The fraction of sp³-hybridized carbons (Fsp3) is 0.238. The van der Waals surface area contributed by atoms with Gasteiger partial charge in [0.2, 0.25) is 21.8 Å². The molecule has 0 saturated carbocycles. The van der Waals surface area contributed by atoms with Gasteiger partial charge in [0.25, 0.3) is 0 Å².